The molecule has 4 atom stereocenters. The van der Waals surface area contributed by atoms with Gasteiger partial charge in [-0.2, -0.15) is 0 Å². The average molecular weight is 700 g/mol. The second-order valence-corrected chi connectivity index (χ2v) is 15.4. The van der Waals surface area contributed by atoms with E-state index in [2.05, 4.69) is 10.2 Å². The Labute approximate surface area is 282 Å². The van der Waals surface area contributed by atoms with Crippen molar-refractivity contribution >= 4 is 44.8 Å². The Morgan fingerprint density at radius 1 is 0.957 bits per heavy atom. The van der Waals surface area contributed by atoms with Gasteiger partial charge in [-0.15, -0.1) is 10.2 Å². The second-order valence-electron chi connectivity index (χ2n) is 12.4. The first-order valence-corrected chi connectivity index (χ1v) is 17.9. The molecule has 13 heteroatoms. The Hall–Kier alpha value is -3.51. The van der Waals surface area contributed by atoms with Gasteiger partial charge < -0.3 is 14.1 Å². The first-order valence-electron chi connectivity index (χ1n) is 15.6. The second kappa shape index (κ2) is 12.8. The molecule has 0 radical (unpaired) electrons. The van der Waals surface area contributed by atoms with E-state index in [1.807, 2.05) is 24.3 Å². The summed E-state index contributed by atoms with van der Waals surface area (Å²) in [5.41, 5.74) is 1.44. The zero-order valence-electron chi connectivity index (χ0n) is 25.5. The number of ether oxygens (including phenoxy) is 1. The van der Waals surface area contributed by atoms with Crippen molar-refractivity contribution in [1.82, 2.24) is 15.1 Å². The molecule has 7 rings (SSSR count). The van der Waals surface area contributed by atoms with Crippen LogP contribution in [0.3, 0.4) is 0 Å². The molecule has 2 heterocycles. The lowest BCUT2D eigenvalue weighted by Gasteiger charge is -2.49. The Morgan fingerprint density at radius 3 is 2.34 bits per heavy atom. The molecule has 1 aliphatic heterocycles. The summed E-state index contributed by atoms with van der Waals surface area (Å²) in [7, 11) is -3.92. The van der Waals surface area contributed by atoms with Gasteiger partial charge in [-0.1, -0.05) is 59.6 Å². The Bertz CT molecular complexity index is 1880. The molecule has 2 saturated carbocycles. The number of para-hydroxylation sites is 1. The summed E-state index contributed by atoms with van der Waals surface area (Å²) in [4.78, 5) is 16.6. The topological polar surface area (TPSA) is 106 Å². The van der Waals surface area contributed by atoms with Crippen LogP contribution in [0.1, 0.15) is 60.7 Å². The quantitative estimate of drug-likeness (QED) is 0.169. The van der Waals surface area contributed by atoms with E-state index in [4.69, 9.17) is 32.4 Å². The summed E-state index contributed by atoms with van der Waals surface area (Å²) in [6.07, 6.45) is 0.839. The van der Waals surface area contributed by atoms with Crippen molar-refractivity contribution in [2.24, 2.45) is 5.92 Å². The molecule has 3 aliphatic rings. The molecule has 1 saturated heterocycles. The van der Waals surface area contributed by atoms with Gasteiger partial charge in [-0.05, 0) is 79.1 Å². The summed E-state index contributed by atoms with van der Waals surface area (Å²) in [6.45, 7) is 1.55. The summed E-state index contributed by atoms with van der Waals surface area (Å²) in [5, 5.41) is 8.46. The van der Waals surface area contributed by atoms with E-state index in [1.54, 1.807) is 42.2 Å². The number of sulfonamides is 1. The van der Waals surface area contributed by atoms with Crippen LogP contribution in [0.25, 0.3) is 0 Å². The lowest BCUT2D eigenvalue weighted by Crippen LogP contribution is -2.59. The normalized spacial score (nSPS) is 22.3. The van der Waals surface area contributed by atoms with Gasteiger partial charge in [-0.3, -0.25) is 9.10 Å². The number of aromatic nitrogens is 2. The van der Waals surface area contributed by atoms with Crippen molar-refractivity contribution in [3.05, 3.63) is 112 Å². The molecule has 0 N–H and O–H groups in total. The lowest BCUT2D eigenvalue weighted by molar-refractivity contribution is -0.180. The highest BCUT2D eigenvalue weighted by Crippen LogP contribution is 2.49. The fourth-order valence-corrected chi connectivity index (χ4v) is 8.64. The highest BCUT2D eigenvalue weighted by atomic mass is 35.5. The molecule has 246 valence electrons. The van der Waals surface area contributed by atoms with Crippen LogP contribution in [0.5, 0.6) is 0 Å². The number of benzene rings is 3. The maximum absolute atomic E-state index is 15.4. The largest absolute Gasteiger partial charge is 0.425 e. The molecule has 1 amide bonds. The number of anilines is 1. The molecular weight excluding hydrogens is 666 g/mol. The standard InChI is InChI=1S/C34H33Cl2FN4O5S/c1-20-38-39-31(45-20)18-30-34(42)41(32(22-11-13-24(35)14-12-22)33(46-30)23-5-4-6-25(36)17-23)29(21-9-10-21)19-40(47(43,44)26-15-16-26)28-8-3-2-7-27(28)37/h2-8,11-14,17,21,26,29-30,32-33H,9-10,15-16,18-19H2,1H3/t29-,30+,32-,33-/m1/s1. The number of halogens is 3. The first-order chi connectivity index (χ1) is 22.6. The van der Waals surface area contributed by atoms with Crippen LogP contribution in [0.15, 0.2) is 77.2 Å². The smallest absolute Gasteiger partial charge is 0.253 e. The van der Waals surface area contributed by atoms with Crippen molar-refractivity contribution in [3.8, 4) is 0 Å². The van der Waals surface area contributed by atoms with Crippen molar-refractivity contribution in [2.75, 3.05) is 10.8 Å². The van der Waals surface area contributed by atoms with E-state index >= 15 is 4.39 Å². The molecule has 3 fully saturated rings. The van der Waals surface area contributed by atoms with Gasteiger partial charge in [0.1, 0.15) is 18.0 Å². The maximum atomic E-state index is 15.4. The van der Waals surface area contributed by atoms with Crippen LogP contribution in [-0.2, 0) is 26.0 Å². The molecule has 4 aromatic rings. The molecule has 9 nitrogen and oxygen atoms in total. The van der Waals surface area contributed by atoms with Crippen molar-refractivity contribution in [2.45, 2.75) is 68.6 Å². The Kier molecular flexibility index (Phi) is 8.75. The van der Waals surface area contributed by atoms with Crippen molar-refractivity contribution < 1.29 is 26.8 Å². The van der Waals surface area contributed by atoms with Crippen molar-refractivity contribution in [1.29, 1.82) is 0 Å². The fraction of sp³-hybridized carbons (Fsp3) is 0.382. The van der Waals surface area contributed by atoms with Gasteiger partial charge in [0.05, 0.1) is 36.0 Å². The van der Waals surface area contributed by atoms with E-state index < -0.39 is 45.4 Å². The number of hydrogen-bond acceptors (Lipinski definition) is 7. The van der Waals surface area contributed by atoms with Gasteiger partial charge in [0.15, 0.2) is 0 Å². The number of amides is 1. The van der Waals surface area contributed by atoms with Gasteiger partial charge in [0.2, 0.25) is 21.8 Å². The number of rotatable bonds is 11. The number of aryl methyl sites for hydroxylation is 1. The number of carbonyl (C=O) groups excluding carboxylic acids is 1. The molecule has 0 unspecified atom stereocenters. The zero-order chi connectivity index (χ0) is 32.9. The van der Waals surface area contributed by atoms with Crippen molar-refractivity contribution in [3.63, 3.8) is 0 Å². The molecule has 1 aromatic heterocycles. The predicted octanol–water partition coefficient (Wildman–Crippen LogP) is 6.85. The van der Waals surface area contributed by atoms with Crippen LogP contribution < -0.4 is 4.31 Å². The van der Waals surface area contributed by atoms with Crippen LogP contribution in [0.4, 0.5) is 10.1 Å². The van der Waals surface area contributed by atoms with Crippen LogP contribution in [-0.4, -0.2) is 53.4 Å². The Morgan fingerprint density at radius 2 is 1.70 bits per heavy atom. The highest BCUT2D eigenvalue weighted by Gasteiger charge is 2.52. The monoisotopic (exact) mass is 698 g/mol. The van der Waals surface area contributed by atoms with E-state index in [9.17, 15) is 13.2 Å². The molecule has 3 aromatic carbocycles. The fourth-order valence-electron chi connectivity index (χ4n) is 6.44. The number of hydrogen-bond donors (Lipinski definition) is 0. The first kappa shape index (κ1) is 32.1. The predicted molar refractivity (Wildman–Crippen MR) is 175 cm³/mol. The minimum Gasteiger partial charge on any atom is -0.425 e. The van der Waals surface area contributed by atoms with E-state index in [-0.39, 0.29) is 36.4 Å². The zero-order valence-corrected chi connectivity index (χ0v) is 27.8. The molecule has 2 aliphatic carbocycles. The van der Waals surface area contributed by atoms with Gasteiger partial charge >= 0.3 is 0 Å². The number of carbonyl (C=O) groups is 1. The number of morpholine rings is 1. The third kappa shape index (κ3) is 6.63. The third-order valence-electron chi connectivity index (χ3n) is 8.99. The van der Waals surface area contributed by atoms with E-state index in [0.29, 0.717) is 28.8 Å². The molecule has 47 heavy (non-hydrogen) atoms. The van der Waals surface area contributed by atoms with Crippen LogP contribution >= 0.6 is 23.2 Å². The van der Waals surface area contributed by atoms with E-state index in [0.717, 1.165) is 24.0 Å². The third-order valence-corrected chi connectivity index (χ3v) is 11.8. The molecule has 0 spiro atoms. The summed E-state index contributed by atoms with van der Waals surface area (Å²) < 4.78 is 56.9. The highest BCUT2D eigenvalue weighted by molar-refractivity contribution is 7.93. The van der Waals surface area contributed by atoms with E-state index in [1.165, 1.54) is 22.5 Å². The minimum atomic E-state index is -3.92. The number of nitrogens with zero attached hydrogens (tertiary/aromatic N) is 4. The molecular formula is C34H33Cl2FN4O5S. The lowest BCUT2D eigenvalue weighted by atomic mass is 9.89. The Balaban J connectivity index is 1.37. The minimum absolute atomic E-state index is 0.00929. The average Bonchev–Trinajstić information content (AvgIpc) is 3.98. The summed E-state index contributed by atoms with van der Waals surface area (Å²) in [5.74, 6) is -0.430. The van der Waals surface area contributed by atoms with Gasteiger partial charge in [0.25, 0.3) is 5.91 Å². The van der Waals surface area contributed by atoms with Gasteiger partial charge in [-0.25, -0.2) is 12.8 Å². The van der Waals surface area contributed by atoms with Crippen LogP contribution in [0.2, 0.25) is 10.0 Å². The maximum Gasteiger partial charge on any atom is 0.253 e. The summed E-state index contributed by atoms with van der Waals surface area (Å²) >= 11 is 12.8. The SMILES string of the molecule is Cc1nnc(C[C@@H]2O[C@H](c3cccc(Cl)c3)[C@@H](c3ccc(Cl)cc3)N([C@H](CN(c3ccccc3F)S(=O)(=O)C3CC3)C3CC3)C2=O)o1. The molecule has 0 bridgehead atoms. The van der Waals surface area contributed by atoms with Gasteiger partial charge in [0, 0.05) is 17.0 Å². The summed E-state index contributed by atoms with van der Waals surface area (Å²) in [6, 6.07) is 19.0. The van der Waals surface area contributed by atoms with Crippen LogP contribution in [0, 0.1) is 18.7 Å².